The van der Waals surface area contributed by atoms with Gasteiger partial charge in [-0.1, -0.05) is 0 Å². The van der Waals surface area contributed by atoms with Crippen molar-refractivity contribution in [2.45, 2.75) is 26.4 Å². The molecule has 0 amide bonds. The quantitative estimate of drug-likeness (QED) is 0.895. The number of hydrogen-bond acceptors (Lipinski definition) is 3. The number of carboxylic acids is 1. The Hall–Kier alpha value is -2.30. The molecule has 0 aliphatic rings. The van der Waals surface area contributed by atoms with Gasteiger partial charge in [-0.15, -0.1) is 0 Å². The predicted molar refractivity (Wildman–Crippen MR) is 70.7 cm³/mol. The zero-order valence-corrected chi connectivity index (χ0v) is 10.9. The Morgan fingerprint density at radius 1 is 1.37 bits per heavy atom. The summed E-state index contributed by atoms with van der Waals surface area (Å²) in [7, 11) is 0. The maximum atomic E-state index is 10.6. The predicted octanol–water partition coefficient (Wildman–Crippen LogP) is 2.29. The minimum absolute atomic E-state index is 0.0679. The Kier molecular flexibility index (Phi) is 3.85. The number of aromatic nitrogens is 2. The van der Waals surface area contributed by atoms with Crippen molar-refractivity contribution in [1.82, 2.24) is 9.55 Å². The SMILES string of the molecule is CC(C)Oc1ccc(-n2cnc(CC(=O)O)c2)cc1. The number of imidazole rings is 1. The number of rotatable bonds is 5. The van der Waals surface area contributed by atoms with E-state index in [1.807, 2.05) is 38.1 Å². The van der Waals surface area contributed by atoms with Gasteiger partial charge in [0.2, 0.25) is 0 Å². The maximum Gasteiger partial charge on any atom is 0.309 e. The number of nitrogens with zero attached hydrogens (tertiary/aromatic N) is 2. The van der Waals surface area contributed by atoms with Gasteiger partial charge in [-0.05, 0) is 38.1 Å². The molecule has 5 nitrogen and oxygen atoms in total. The van der Waals surface area contributed by atoms with Gasteiger partial charge in [-0.25, -0.2) is 4.98 Å². The summed E-state index contributed by atoms with van der Waals surface area (Å²) in [5.74, 6) is -0.0736. The van der Waals surface area contributed by atoms with Crippen molar-refractivity contribution in [2.75, 3.05) is 0 Å². The highest BCUT2D eigenvalue weighted by molar-refractivity contribution is 5.69. The minimum atomic E-state index is -0.883. The smallest absolute Gasteiger partial charge is 0.309 e. The number of aliphatic carboxylic acids is 1. The number of benzene rings is 1. The first-order valence-corrected chi connectivity index (χ1v) is 6.06. The van der Waals surface area contributed by atoms with Gasteiger partial charge in [0.15, 0.2) is 0 Å². The zero-order valence-electron chi connectivity index (χ0n) is 10.9. The summed E-state index contributed by atoms with van der Waals surface area (Å²) in [5, 5.41) is 8.70. The molecule has 0 bridgehead atoms. The first kappa shape index (κ1) is 13.1. The lowest BCUT2D eigenvalue weighted by Gasteiger charge is -2.10. The molecule has 2 aromatic rings. The van der Waals surface area contributed by atoms with Crippen LogP contribution in [0.1, 0.15) is 19.5 Å². The number of hydrogen-bond donors (Lipinski definition) is 1. The standard InChI is InChI=1S/C14H16N2O3/c1-10(2)19-13-5-3-12(4-6-13)16-8-11(15-9-16)7-14(17)18/h3-6,8-10H,7H2,1-2H3,(H,17,18). The number of carboxylic acid groups (broad SMARTS) is 1. The first-order valence-electron chi connectivity index (χ1n) is 6.06. The van der Waals surface area contributed by atoms with Crippen LogP contribution in [-0.2, 0) is 11.2 Å². The third-order valence-electron chi connectivity index (χ3n) is 2.48. The third kappa shape index (κ3) is 3.58. The van der Waals surface area contributed by atoms with Crippen LogP contribution in [0.3, 0.4) is 0 Å². The summed E-state index contributed by atoms with van der Waals surface area (Å²) >= 11 is 0. The molecule has 0 unspecified atom stereocenters. The first-order chi connectivity index (χ1) is 9.04. The van der Waals surface area contributed by atoms with E-state index in [1.165, 1.54) is 0 Å². The van der Waals surface area contributed by atoms with Gasteiger partial charge in [-0.2, -0.15) is 0 Å². The van der Waals surface area contributed by atoms with Crippen LogP contribution in [0, 0.1) is 0 Å². The molecule has 0 saturated heterocycles. The molecule has 1 aromatic carbocycles. The van der Waals surface area contributed by atoms with Crippen molar-refractivity contribution in [3.05, 3.63) is 42.5 Å². The molecule has 0 aliphatic heterocycles. The summed E-state index contributed by atoms with van der Waals surface area (Å²) in [4.78, 5) is 14.7. The highest BCUT2D eigenvalue weighted by Crippen LogP contribution is 2.16. The van der Waals surface area contributed by atoms with Crippen molar-refractivity contribution in [3.63, 3.8) is 0 Å². The van der Waals surface area contributed by atoms with Crippen LogP contribution < -0.4 is 4.74 Å². The normalized spacial score (nSPS) is 10.7. The van der Waals surface area contributed by atoms with Gasteiger partial charge in [0.25, 0.3) is 0 Å². The zero-order chi connectivity index (χ0) is 13.8. The van der Waals surface area contributed by atoms with Crippen LogP contribution >= 0.6 is 0 Å². The average molecular weight is 260 g/mol. The van der Waals surface area contributed by atoms with Crippen molar-refractivity contribution >= 4 is 5.97 Å². The monoisotopic (exact) mass is 260 g/mol. The van der Waals surface area contributed by atoms with Crippen LogP contribution in [0.15, 0.2) is 36.8 Å². The van der Waals surface area contributed by atoms with E-state index in [4.69, 9.17) is 9.84 Å². The van der Waals surface area contributed by atoms with Crippen LogP contribution in [0.25, 0.3) is 5.69 Å². The molecular formula is C14H16N2O3. The fourth-order valence-corrected chi connectivity index (χ4v) is 1.72. The van der Waals surface area contributed by atoms with Crippen LogP contribution in [0.2, 0.25) is 0 Å². The van der Waals surface area contributed by atoms with E-state index in [-0.39, 0.29) is 12.5 Å². The molecule has 5 heteroatoms. The average Bonchev–Trinajstić information content (AvgIpc) is 2.76. The van der Waals surface area contributed by atoms with Gasteiger partial charge in [0.05, 0.1) is 24.5 Å². The summed E-state index contributed by atoms with van der Waals surface area (Å²) in [6.45, 7) is 3.95. The molecule has 0 saturated carbocycles. The fourth-order valence-electron chi connectivity index (χ4n) is 1.72. The van der Waals surface area contributed by atoms with E-state index in [1.54, 1.807) is 17.1 Å². The molecule has 1 heterocycles. The molecule has 2 rings (SSSR count). The molecule has 100 valence electrons. The maximum absolute atomic E-state index is 10.6. The fraction of sp³-hybridized carbons (Fsp3) is 0.286. The lowest BCUT2D eigenvalue weighted by molar-refractivity contribution is -0.136. The highest BCUT2D eigenvalue weighted by atomic mass is 16.5. The topological polar surface area (TPSA) is 64.4 Å². The molecule has 0 aliphatic carbocycles. The van der Waals surface area contributed by atoms with Crippen molar-refractivity contribution < 1.29 is 14.6 Å². The summed E-state index contributed by atoms with van der Waals surface area (Å²) in [5.41, 5.74) is 1.45. The Morgan fingerprint density at radius 2 is 2.05 bits per heavy atom. The van der Waals surface area contributed by atoms with E-state index in [2.05, 4.69) is 4.98 Å². The lowest BCUT2D eigenvalue weighted by atomic mass is 10.3. The van der Waals surface area contributed by atoms with Crippen molar-refractivity contribution in [3.8, 4) is 11.4 Å². The number of carbonyl (C=O) groups is 1. The van der Waals surface area contributed by atoms with Crippen LogP contribution in [0.4, 0.5) is 0 Å². The third-order valence-corrected chi connectivity index (χ3v) is 2.48. The van der Waals surface area contributed by atoms with E-state index in [9.17, 15) is 4.79 Å². The largest absolute Gasteiger partial charge is 0.491 e. The van der Waals surface area contributed by atoms with Gasteiger partial charge >= 0.3 is 5.97 Å². The van der Waals surface area contributed by atoms with Crippen molar-refractivity contribution in [2.24, 2.45) is 0 Å². The second-order valence-electron chi connectivity index (χ2n) is 4.50. The molecule has 1 aromatic heterocycles. The summed E-state index contributed by atoms with van der Waals surface area (Å²) in [6, 6.07) is 7.58. The highest BCUT2D eigenvalue weighted by Gasteiger charge is 2.05. The molecule has 19 heavy (non-hydrogen) atoms. The van der Waals surface area contributed by atoms with E-state index in [0.29, 0.717) is 5.69 Å². The molecule has 0 atom stereocenters. The Balaban J connectivity index is 2.13. The van der Waals surface area contributed by atoms with Gasteiger partial charge in [-0.3, -0.25) is 4.79 Å². The Morgan fingerprint density at radius 3 is 2.63 bits per heavy atom. The van der Waals surface area contributed by atoms with Crippen LogP contribution in [0.5, 0.6) is 5.75 Å². The molecular weight excluding hydrogens is 244 g/mol. The van der Waals surface area contributed by atoms with E-state index >= 15 is 0 Å². The summed E-state index contributed by atoms with van der Waals surface area (Å²) in [6.07, 6.45) is 3.39. The Labute approximate surface area is 111 Å². The molecule has 1 N–H and O–H groups in total. The van der Waals surface area contributed by atoms with E-state index in [0.717, 1.165) is 11.4 Å². The van der Waals surface area contributed by atoms with Crippen molar-refractivity contribution in [1.29, 1.82) is 0 Å². The second kappa shape index (κ2) is 5.56. The second-order valence-corrected chi connectivity index (χ2v) is 4.50. The minimum Gasteiger partial charge on any atom is -0.491 e. The lowest BCUT2D eigenvalue weighted by Crippen LogP contribution is -2.05. The molecule has 0 fully saturated rings. The van der Waals surface area contributed by atoms with Gasteiger partial charge < -0.3 is 14.4 Å². The van der Waals surface area contributed by atoms with E-state index < -0.39 is 5.97 Å². The molecule has 0 radical (unpaired) electrons. The van der Waals surface area contributed by atoms with Gasteiger partial charge in [0, 0.05) is 11.9 Å². The summed E-state index contributed by atoms with van der Waals surface area (Å²) < 4.78 is 7.35. The Bertz CT molecular complexity index is 558. The number of ether oxygens (including phenoxy) is 1. The van der Waals surface area contributed by atoms with Gasteiger partial charge in [0.1, 0.15) is 5.75 Å². The van der Waals surface area contributed by atoms with Crippen LogP contribution in [-0.4, -0.2) is 26.7 Å². The molecule has 0 spiro atoms.